The summed E-state index contributed by atoms with van der Waals surface area (Å²) in [5.41, 5.74) is 0.730. The SMILES string of the molecule is CCCCN(CC)c1c(F)cc(CNC)cc1F. The van der Waals surface area contributed by atoms with Crippen LogP contribution >= 0.6 is 0 Å². The molecule has 0 fully saturated rings. The molecule has 0 aliphatic carbocycles. The zero-order valence-electron chi connectivity index (χ0n) is 11.4. The quantitative estimate of drug-likeness (QED) is 0.805. The standard InChI is InChI=1S/C14H22F2N2/c1-4-6-7-18(5-2)14-12(15)8-11(10-17-3)9-13(14)16/h8-9,17H,4-7,10H2,1-3H3. The fraction of sp³-hybridized carbons (Fsp3) is 0.571. The Morgan fingerprint density at radius 2 is 1.78 bits per heavy atom. The molecule has 0 aliphatic heterocycles. The van der Waals surface area contributed by atoms with Gasteiger partial charge in [-0.05, 0) is 38.1 Å². The van der Waals surface area contributed by atoms with E-state index in [2.05, 4.69) is 12.2 Å². The Morgan fingerprint density at radius 1 is 1.17 bits per heavy atom. The number of nitrogens with one attached hydrogen (secondary N) is 1. The molecule has 0 bridgehead atoms. The van der Waals surface area contributed by atoms with Crippen LogP contribution in [0.3, 0.4) is 0 Å². The summed E-state index contributed by atoms with van der Waals surface area (Å²) >= 11 is 0. The molecule has 1 rings (SSSR count). The molecule has 0 radical (unpaired) electrons. The van der Waals surface area contributed by atoms with Crippen LogP contribution in [0.25, 0.3) is 0 Å². The Bertz CT molecular complexity index is 357. The number of anilines is 1. The maximum Gasteiger partial charge on any atom is 0.149 e. The Kier molecular flexibility index (Phi) is 6.05. The van der Waals surface area contributed by atoms with Crippen LogP contribution in [0, 0.1) is 11.6 Å². The molecule has 0 aromatic heterocycles. The highest BCUT2D eigenvalue weighted by Crippen LogP contribution is 2.25. The minimum Gasteiger partial charge on any atom is -0.367 e. The third kappa shape index (κ3) is 3.67. The smallest absolute Gasteiger partial charge is 0.149 e. The van der Waals surface area contributed by atoms with E-state index in [1.54, 1.807) is 11.9 Å². The van der Waals surface area contributed by atoms with Gasteiger partial charge in [-0.1, -0.05) is 13.3 Å². The summed E-state index contributed by atoms with van der Waals surface area (Å²) in [7, 11) is 1.75. The molecule has 1 aromatic carbocycles. The van der Waals surface area contributed by atoms with Gasteiger partial charge in [0.25, 0.3) is 0 Å². The van der Waals surface area contributed by atoms with Crippen LogP contribution in [-0.4, -0.2) is 20.1 Å². The lowest BCUT2D eigenvalue weighted by Crippen LogP contribution is -2.26. The van der Waals surface area contributed by atoms with Gasteiger partial charge in [0.2, 0.25) is 0 Å². The second-order valence-corrected chi connectivity index (χ2v) is 4.37. The number of hydrogen-bond donors (Lipinski definition) is 1. The number of nitrogens with zero attached hydrogens (tertiary/aromatic N) is 1. The van der Waals surface area contributed by atoms with Crippen molar-refractivity contribution >= 4 is 5.69 Å². The Balaban J connectivity index is 2.99. The van der Waals surface area contributed by atoms with Crippen LogP contribution in [0.4, 0.5) is 14.5 Å². The fourth-order valence-electron chi connectivity index (χ4n) is 2.00. The van der Waals surface area contributed by atoms with Crippen molar-refractivity contribution in [2.45, 2.75) is 33.2 Å². The fourth-order valence-corrected chi connectivity index (χ4v) is 2.00. The van der Waals surface area contributed by atoms with E-state index in [1.807, 2.05) is 6.92 Å². The van der Waals surface area contributed by atoms with Crippen molar-refractivity contribution in [3.8, 4) is 0 Å². The summed E-state index contributed by atoms with van der Waals surface area (Å²) in [6, 6.07) is 2.81. The van der Waals surface area contributed by atoms with Gasteiger partial charge >= 0.3 is 0 Å². The van der Waals surface area contributed by atoms with Gasteiger partial charge in [0.1, 0.15) is 17.3 Å². The first-order valence-corrected chi connectivity index (χ1v) is 6.51. The van der Waals surface area contributed by atoms with Crippen molar-refractivity contribution in [1.29, 1.82) is 0 Å². The van der Waals surface area contributed by atoms with Crippen molar-refractivity contribution in [1.82, 2.24) is 5.32 Å². The molecule has 0 unspecified atom stereocenters. The zero-order valence-corrected chi connectivity index (χ0v) is 11.4. The van der Waals surface area contributed by atoms with Gasteiger partial charge in [0, 0.05) is 19.6 Å². The van der Waals surface area contributed by atoms with Crippen LogP contribution in [-0.2, 0) is 6.54 Å². The Morgan fingerprint density at radius 3 is 2.22 bits per heavy atom. The van der Waals surface area contributed by atoms with Crippen LogP contribution in [0.5, 0.6) is 0 Å². The number of hydrogen-bond acceptors (Lipinski definition) is 2. The summed E-state index contributed by atoms with van der Waals surface area (Å²) in [5.74, 6) is -0.948. The molecule has 102 valence electrons. The van der Waals surface area contributed by atoms with E-state index in [9.17, 15) is 8.78 Å². The Labute approximate surface area is 108 Å². The van der Waals surface area contributed by atoms with Crippen molar-refractivity contribution in [2.75, 3.05) is 25.0 Å². The van der Waals surface area contributed by atoms with E-state index >= 15 is 0 Å². The van der Waals surface area contributed by atoms with Gasteiger partial charge in [-0.3, -0.25) is 0 Å². The lowest BCUT2D eigenvalue weighted by molar-refractivity contribution is 0.564. The van der Waals surface area contributed by atoms with E-state index in [4.69, 9.17) is 0 Å². The third-order valence-electron chi connectivity index (χ3n) is 2.94. The zero-order chi connectivity index (χ0) is 13.5. The first kappa shape index (κ1) is 14.9. The molecule has 0 heterocycles. The summed E-state index contributed by atoms with van der Waals surface area (Å²) in [6.07, 6.45) is 1.95. The highest BCUT2D eigenvalue weighted by molar-refractivity contribution is 5.50. The average molecular weight is 256 g/mol. The van der Waals surface area contributed by atoms with E-state index in [0.29, 0.717) is 25.2 Å². The van der Waals surface area contributed by atoms with Crippen molar-refractivity contribution < 1.29 is 8.78 Å². The van der Waals surface area contributed by atoms with E-state index < -0.39 is 11.6 Å². The second-order valence-electron chi connectivity index (χ2n) is 4.37. The molecule has 1 N–H and O–H groups in total. The summed E-state index contributed by atoms with van der Waals surface area (Å²) < 4.78 is 28.0. The van der Waals surface area contributed by atoms with E-state index in [1.165, 1.54) is 12.1 Å². The summed E-state index contributed by atoms with van der Waals surface area (Å²) in [6.45, 7) is 5.74. The lowest BCUT2D eigenvalue weighted by atomic mass is 10.1. The molecule has 0 amide bonds. The first-order chi connectivity index (χ1) is 8.63. The summed E-state index contributed by atoms with van der Waals surface area (Å²) in [4.78, 5) is 1.76. The molecule has 2 nitrogen and oxygen atoms in total. The van der Waals surface area contributed by atoms with Crippen molar-refractivity contribution in [3.63, 3.8) is 0 Å². The highest BCUT2D eigenvalue weighted by atomic mass is 19.1. The van der Waals surface area contributed by atoms with E-state index in [0.717, 1.165) is 12.8 Å². The first-order valence-electron chi connectivity index (χ1n) is 6.51. The molecule has 18 heavy (non-hydrogen) atoms. The molecule has 0 saturated carbocycles. The van der Waals surface area contributed by atoms with Crippen LogP contribution in [0.1, 0.15) is 32.3 Å². The molecular formula is C14H22F2N2. The largest absolute Gasteiger partial charge is 0.367 e. The number of rotatable bonds is 7. The van der Waals surface area contributed by atoms with Crippen molar-refractivity contribution in [2.24, 2.45) is 0 Å². The normalized spacial score (nSPS) is 10.7. The topological polar surface area (TPSA) is 15.3 Å². The number of halogens is 2. The second kappa shape index (κ2) is 7.31. The Hall–Kier alpha value is -1.16. The molecule has 0 saturated heterocycles. The molecular weight excluding hydrogens is 234 g/mol. The minimum absolute atomic E-state index is 0.103. The predicted octanol–water partition coefficient (Wildman–Crippen LogP) is 3.31. The van der Waals surface area contributed by atoms with Gasteiger partial charge in [0.15, 0.2) is 0 Å². The lowest BCUT2D eigenvalue weighted by Gasteiger charge is -2.24. The molecule has 0 aliphatic rings. The van der Waals surface area contributed by atoms with Crippen molar-refractivity contribution in [3.05, 3.63) is 29.3 Å². The monoisotopic (exact) mass is 256 g/mol. The molecule has 0 atom stereocenters. The van der Waals surface area contributed by atoms with Crippen LogP contribution in [0.2, 0.25) is 0 Å². The van der Waals surface area contributed by atoms with E-state index in [-0.39, 0.29) is 5.69 Å². The van der Waals surface area contributed by atoms with Gasteiger partial charge in [-0.2, -0.15) is 0 Å². The summed E-state index contributed by atoms with van der Waals surface area (Å²) in [5, 5.41) is 2.89. The van der Waals surface area contributed by atoms with Gasteiger partial charge in [0.05, 0.1) is 0 Å². The number of unbranched alkanes of at least 4 members (excludes halogenated alkanes) is 1. The number of benzene rings is 1. The van der Waals surface area contributed by atoms with Crippen LogP contribution < -0.4 is 10.2 Å². The van der Waals surface area contributed by atoms with Gasteiger partial charge in [-0.15, -0.1) is 0 Å². The van der Waals surface area contributed by atoms with Gasteiger partial charge in [-0.25, -0.2) is 8.78 Å². The maximum absolute atomic E-state index is 14.0. The average Bonchev–Trinajstić information content (AvgIpc) is 2.33. The molecule has 0 spiro atoms. The third-order valence-corrected chi connectivity index (χ3v) is 2.94. The minimum atomic E-state index is -0.474. The van der Waals surface area contributed by atoms with Crippen LogP contribution in [0.15, 0.2) is 12.1 Å². The highest BCUT2D eigenvalue weighted by Gasteiger charge is 2.16. The maximum atomic E-state index is 14.0. The molecule has 4 heteroatoms. The molecule has 1 aromatic rings. The predicted molar refractivity (Wildman–Crippen MR) is 71.9 cm³/mol. The van der Waals surface area contributed by atoms with Gasteiger partial charge < -0.3 is 10.2 Å².